The first kappa shape index (κ1) is 89.8. The molecule has 15 aliphatic heterocycles. The molecule has 15 saturated heterocycles. The third-order valence-electron chi connectivity index (χ3n) is 18.5. The lowest BCUT2D eigenvalue weighted by Gasteiger charge is -2.51. The second-order valence-electron chi connectivity index (χ2n) is 25.4. The highest BCUT2D eigenvalue weighted by Crippen LogP contribution is 2.42. The molecule has 7 N–H and O–H groups in total. The maximum atomic E-state index is 12.7. The number of ether oxygens (including phenoxy) is 21. The molecule has 0 aromatic rings. The van der Waals surface area contributed by atoms with Crippen LogP contribution in [0.15, 0.2) is 124 Å². The van der Waals surface area contributed by atoms with Crippen molar-refractivity contribution in [2.24, 2.45) is 35.8 Å². The van der Waals surface area contributed by atoms with Crippen molar-refractivity contribution in [3.63, 3.8) is 0 Å². The molecule has 35 atom stereocenters. The van der Waals surface area contributed by atoms with Gasteiger partial charge in [-0.05, 0) is 38.7 Å². The molecular weight excluding hydrogens is 1500 g/mol. The highest BCUT2D eigenvalue weighted by molar-refractivity contribution is 5.05. The van der Waals surface area contributed by atoms with Crippen molar-refractivity contribution in [3.8, 4) is 0 Å². The van der Waals surface area contributed by atoms with Crippen LogP contribution in [0.1, 0.15) is 0 Å². The largest absolute Gasteiger partial charge is 0.387 e. The van der Waals surface area contributed by atoms with Crippen molar-refractivity contribution in [2.75, 3.05) is 92.1 Å². The highest BCUT2D eigenvalue weighted by Gasteiger charge is 2.61. The summed E-state index contributed by atoms with van der Waals surface area (Å²) in [6.07, 6.45) is -54.5. The minimum atomic E-state index is -2.00. The van der Waals surface area contributed by atoms with Gasteiger partial charge in [0, 0.05) is 34.4 Å². The standard InChI is InChI=1S/C63H91N21O28/c1-8-15-92-50-36(85)43-29(22-71-78-64)99-57(50)106-44-30(23-72-79-65)100-59(51(37(44)86)93-16-9-2)108-46-32(25-74-81-67)102-61(53(39(46)88)95-18-11-4)110-48-34(27-76-83-69)104-63(55(41(48)90)97-20-13-6)112-49-35(28-77-84-70)105-62(56(42(49)91)98-21-14-7)111-47-33(26-75-82-68)103-60(54(40(47)89)96-19-12-5)109-45-31(24-73-80-66)101-58(107-43)52(38(45)87)94-17-10-3/h8-14,29-63,85-91H,1-7,15-28H2/t29-,30-,31-,32-,33-,34-,35-,36+,37+,38+,39+,40+,41+,42+,43-,44-,45-,46-,47-,48-,49-,50-,51-,52-,53-,54-,55-,56-,57-,58-,59-,60-,61-,62-,63-/m1/s1. The zero-order chi connectivity index (χ0) is 80.8. The van der Waals surface area contributed by atoms with Crippen molar-refractivity contribution in [3.05, 3.63) is 162 Å². The molecule has 616 valence electrons. The molecule has 15 fully saturated rings. The topological polar surface area (TPSA) is 677 Å². The van der Waals surface area contributed by atoms with E-state index in [0.717, 1.165) is 0 Å². The van der Waals surface area contributed by atoms with Gasteiger partial charge in [0.05, 0.1) is 135 Å². The Morgan fingerprint density at radius 2 is 0.339 bits per heavy atom. The Kier molecular flexibility index (Phi) is 36.8. The minimum absolute atomic E-state index is 0.367. The van der Waals surface area contributed by atoms with Crippen LogP contribution in [0.5, 0.6) is 0 Å². The van der Waals surface area contributed by atoms with Crippen LogP contribution in [0.25, 0.3) is 73.1 Å². The molecule has 0 unspecified atom stereocenters. The van der Waals surface area contributed by atoms with Crippen LogP contribution < -0.4 is 0 Å². The zero-order valence-electron chi connectivity index (χ0n) is 60.2. The molecule has 49 heteroatoms. The Morgan fingerprint density at radius 1 is 0.223 bits per heavy atom. The summed E-state index contributed by atoms with van der Waals surface area (Å²) < 4.78 is 134. The molecular formula is C63H91N21O28. The smallest absolute Gasteiger partial charge is 0.187 e. The molecule has 15 rings (SSSR count). The summed E-state index contributed by atoms with van der Waals surface area (Å²) in [5.74, 6) is 0. The zero-order valence-corrected chi connectivity index (χ0v) is 60.2. The normalized spacial score (nSPS) is 40.7. The Morgan fingerprint density at radius 3 is 0.438 bits per heavy atom. The molecule has 49 nitrogen and oxygen atoms in total. The summed E-state index contributed by atoms with van der Waals surface area (Å²) in [5.41, 5.74) is 68.5. The van der Waals surface area contributed by atoms with Crippen LogP contribution in [0.2, 0.25) is 0 Å². The molecule has 14 bridgehead atoms. The molecule has 0 aromatic heterocycles. The fraction of sp³-hybridized carbons (Fsp3) is 0.778. The first-order valence-electron chi connectivity index (χ1n) is 35.0. The van der Waals surface area contributed by atoms with Gasteiger partial charge < -0.3 is 135 Å². The van der Waals surface area contributed by atoms with E-state index in [9.17, 15) is 74.5 Å². The van der Waals surface area contributed by atoms with E-state index in [1.54, 1.807) is 0 Å². The number of aliphatic hydroxyl groups excluding tert-OH is 7. The van der Waals surface area contributed by atoms with E-state index in [1.807, 2.05) is 0 Å². The van der Waals surface area contributed by atoms with Crippen molar-refractivity contribution >= 4 is 0 Å². The number of fused-ring (bicyclic) bond motifs is 7. The van der Waals surface area contributed by atoms with Crippen molar-refractivity contribution in [1.29, 1.82) is 0 Å². The first-order chi connectivity index (χ1) is 54.4. The van der Waals surface area contributed by atoms with Gasteiger partial charge in [0.2, 0.25) is 0 Å². The van der Waals surface area contributed by atoms with Crippen molar-refractivity contribution in [1.82, 2.24) is 0 Å². The van der Waals surface area contributed by atoms with Crippen molar-refractivity contribution < 1.29 is 135 Å². The number of azide groups is 7. The average Bonchev–Trinajstić information content (AvgIpc) is 0.772. The lowest BCUT2D eigenvalue weighted by Crippen LogP contribution is -2.69. The van der Waals surface area contributed by atoms with Gasteiger partial charge in [-0.2, -0.15) is 0 Å². The Labute approximate surface area is 637 Å². The monoisotopic (exact) mass is 1590 g/mol. The lowest BCUT2D eigenvalue weighted by molar-refractivity contribution is -0.396. The Balaban J connectivity index is 1.31. The van der Waals surface area contributed by atoms with Gasteiger partial charge in [0.15, 0.2) is 44.0 Å². The average molecular weight is 1590 g/mol. The summed E-state index contributed by atoms with van der Waals surface area (Å²) in [7, 11) is 0. The summed E-state index contributed by atoms with van der Waals surface area (Å²) in [6, 6.07) is 0. The van der Waals surface area contributed by atoms with E-state index in [4.69, 9.17) is 99.5 Å². The highest BCUT2D eigenvalue weighted by atomic mass is 16.8. The summed E-state index contributed by atoms with van der Waals surface area (Å²) in [4.78, 5) is 20.2. The van der Waals surface area contributed by atoms with Crippen LogP contribution in [-0.2, 0) is 99.5 Å². The Bertz CT molecular complexity index is 2830. The molecule has 0 saturated carbocycles. The second kappa shape index (κ2) is 45.9. The molecule has 0 amide bonds. The van der Waals surface area contributed by atoms with Gasteiger partial charge in [-0.1, -0.05) is 78.3 Å². The minimum Gasteiger partial charge on any atom is -0.387 e. The van der Waals surface area contributed by atoms with Crippen LogP contribution in [-0.4, -0.2) is 343 Å². The third-order valence-corrected chi connectivity index (χ3v) is 18.5. The molecule has 0 radical (unpaired) electrons. The molecule has 0 aromatic carbocycles. The number of rotatable bonds is 35. The van der Waals surface area contributed by atoms with Crippen LogP contribution >= 0.6 is 0 Å². The molecule has 15 heterocycles. The second-order valence-corrected chi connectivity index (χ2v) is 25.4. The van der Waals surface area contributed by atoms with Crippen molar-refractivity contribution in [2.45, 2.75) is 215 Å². The summed E-state index contributed by atoms with van der Waals surface area (Å²) in [6.45, 7) is 18.6. The fourth-order valence-electron chi connectivity index (χ4n) is 13.6. The SMILES string of the molecule is C=CCO[C@H]1[C@H]2O[C@H]3[C@H](O)[C@@H](OCC=C)[C@@H](O[C@H]4[C@H](O)[C@@H](OCC=C)[C@@H](O[C@H]5[C@H](O)[C@@H](OCC=C)[C@@H](O[C@H]6[C@H](O)[C@@H](OCC=C)[C@@H](O[C@H]7[C@H](O)[C@@H](OCC=C)[C@@H](O[C@H]8[C@H](O)[C@@H](OCC=C)[C@@H](O[C@@H]([C@@H]1O)[C@@H](CN=[N+]=[N-])O2)O[C@@H]8CN=[N+]=[N-])O[C@@H]7CN=[N+]=[N-])O[C@@H]6CN=[N+]=[N-])O[C@@H]5CN=[N+]=[N-])O[C@@H]4CN=[N+]=[N-])O[C@@H]3CN=[N+]=[N-]. The van der Waals surface area contributed by atoms with E-state index >= 15 is 0 Å². The predicted octanol–water partition coefficient (Wildman–Crippen LogP) is 2.47. The lowest BCUT2D eigenvalue weighted by atomic mass is 9.94. The van der Waals surface area contributed by atoms with Gasteiger partial charge in [0.1, 0.15) is 128 Å². The van der Waals surface area contributed by atoms with Gasteiger partial charge in [0.25, 0.3) is 0 Å². The van der Waals surface area contributed by atoms with E-state index < -0.39 is 261 Å². The number of hydrogen-bond donors (Lipinski definition) is 7. The Hall–Kier alpha value is -7.77. The van der Waals surface area contributed by atoms with Gasteiger partial charge in [-0.15, -0.1) is 46.1 Å². The number of hydrogen-bond acceptors (Lipinski definition) is 35. The maximum absolute atomic E-state index is 12.7. The third kappa shape index (κ3) is 22.4. The van der Waals surface area contributed by atoms with Crippen LogP contribution in [0.3, 0.4) is 0 Å². The van der Waals surface area contributed by atoms with Gasteiger partial charge >= 0.3 is 0 Å². The number of aliphatic hydroxyl groups is 7. The molecule has 112 heavy (non-hydrogen) atoms. The molecule has 0 aliphatic carbocycles. The van der Waals surface area contributed by atoms with E-state index in [-0.39, 0.29) is 46.2 Å². The van der Waals surface area contributed by atoms with E-state index in [1.165, 1.54) is 42.5 Å². The maximum Gasteiger partial charge on any atom is 0.187 e. The summed E-state index contributed by atoms with van der Waals surface area (Å²) in [5, 5.41) is 115. The van der Waals surface area contributed by atoms with Crippen LogP contribution in [0, 0.1) is 0 Å². The first-order valence-corrected chi connectivity index (χ1v) is 35.0. The quantitative estimate of drug-likeness (QED) is 0.0207. The van der Waals surface area contributed by atoms with Gasteiger partial charge in [-0.25, -0.2) is 0 Å². The number of nitrogens with zero attached hydrogens (tertiary/aromatic N) is 21. The molecule has 15 aliphatic rings. The predicted molar refractivity (Wildman–Crippen MR) is 374 cm³/mol. The van der Waals surface area contributed by atoms with Gasteiger partial charge in [-0.3, -0.25) is 0 Å². The van der Waals surface area contributed by atoms with Crippen LogP contribution in [0.4, 0.5) is 0 Å². The van der Waals surface area contributed by atoms with E-state index in [0.29, 0.717) is 0 Å². The summed E-state index contributed by atoms with van der Waals surface area (Å²) >= 11 is 0. The van der Waals surface area contributed by atoms with E-state index in [2.05, 4.69) is 116 Å². The fourth-order valence-corrected chi connectivity index (χ4v) is 13.6. The molecule has 0 spiro atoms.